The highest BCUT2D eigenvalue weighted by Gasteiger charge is 2.19. The summed E-state index contributed by atoms with van der Waals surface area (Å²) in [5.41, 5.74) is 3.15. The first-order valence-corrected chi connectivity index (χ1v) is 7.44. The van der Waals surface area contributed by atoms with Gasteiger partial charge in [-0.05, 0) is 37.2 Å². The minimum absolute atomic E-state index is 0.317. The van der Waals surface area contributed by atoms with E-state index in [0.717, 1.165) is 35.4 Å². The lowest BCUT2D eigenvalue weighted by Gasteiger charge is -2.22. The molecule has 1 atom stereocenters. The first kappa shape index (κ1) is 15.2. The summed E-state index contributed by atoms with van der Waals surface area (Å²) in [7, 11) is 0. The Labute approximate surface area is 125 Å². The molecule has 0 amide bonds. The summed E-state index contributed by atoms with van der Waals surface area (Å²) in [6.07, 6.45) is 2.00. The Morgan fingerprint density at radius 3 is 2.40 bits per heavy atom. The second kappa shape index (κ2) is 5.32. The van der Waals surface area contributed by atoms with Crippen molar-refractivity contribution >= 4 is 17.2 Å². The van der Waals surface area contributed by atoms with Gasteiger partial charge in [0.05, 0.1) is 0 Å². The van der Waals surface area contributed by atoms with Crippen molar-refractivity contribution in [3.8, 4) is 0 Å². The number of hydrogen-bond acceptors (Lipinski definition) is 3. The van der Waals surface area contributed by atoms with Crippen LogP contribution in [-0.4, -0.2) is 19.8 Å². The van der Waals surface area contributed by atoms with Gasteiger partial charge in [0, 0.05) is 12.0 Å². The molecule has 110 valence electrons. The van der Waals surface area contributed by atoms with E-state index in [1.807, 2.05) is 13.8 Å². The molecule has 20 heavy (non-hydrogen) atoms. The maximum Gasteiger partial charge on any atom is 0.181 e. The molecule has 0 saturated carbocycles. The maximum atomic E-state index is 6.18. The van der Waals surface area contributed by atoms with Gasteiger partial charge >= 0.3 is 0 Å². The summed E-state index contributed by atoms with van der Waals surface area (Å²) in [6.45, 7) is 13.0. The predicted molar refractivity (Wildman–Crippen MR) is 82.2 cm³/mol. The molecule has 0 fully saturated rings. The topological polar surface area (TPSA) is 43.1 Å². The molecule has 0 N–H and O–H groups in total. The molecule has 2 aromatic heterocycles. The van der Waals surface area contributed by atoms with Crippen molar-refractivity contribution in [2.24, 2.45) is 11.3 Å². The zero-order chi connectivity index (χ0) is 15.1. The number of nitrogens with zero attached hydrogens (tertiary/aromatic N) is 4. The van der Waals surface area contributed by atoms with Gasteiger partial charge in [-0.15, -0.1) is 10.2 Å². The largest absolute Gasteiger partial charge is 0.196 e. The molecule has 0 aliphatic rings. The number of aryl methyl sites for hydroxylation is 1. The van der Waals surface area contributed by atoms with Gasteiger partial charge in [-0.1, -0.05) is 39.3 Å². The average molecular weight is 295 g/mol. The highest BCUT2D eigenvalue weighted by Crippen LogP contribution is 2.26. The fraction of sp³-hybridized carbons (Fsp3) is 0.667. The Balaban J connectivity index is 2.32. The lowest BCUT2D eigenvalue weighted by atomic mass is 9.84. The summed E-state index contributed by atoms with van der Waals surface area (Å²) in [6, 6.07) is 0. The molecule has 2 rings (SSSR count). The summed E-state index contributed by atoms with van der Waals surface area (Å²) in [5, 5.41) is 13.5. The van der Waals surface area contributed by atoms with E-state index < -0.39 is 0 Å². The van der Waals surface area contributed by atoms with Gasteiger partial charge in [-0.25, -0.2) is 0 Å². The molecule has 2 aromatic rings. The van der Waals surface area contributed by atoms with E-state index in [4.69, 9.17) is 11.6 Å². The molecule has 2 heterocycles. The second-order valence-electron chi connectivity index (χ2n) is 6.97. The van der Waals surface area contributed by atoms with Crippen molar-refractivity contribution in [3.63, 3.8) is 0 Å². The van der Waals surface area contributed by atoms with Crippen LogP contribution in [0.15, 0.2) is 0 Å². The van der Waals surface area contributed by atoms with E-state index in [-0.39, 0.29) is 0 Å². The minimum atomic E-state index is 0.317. The number of hydrogen-bond donors (Lipinski definition) is 0. The zero-order valence-electron chi connectivity index (χ0n) is 13.2. The van der Waals surface area contributed by atoms with E-state index in [1.165, 1.54) is 0 Å². The van der Waals surface area contributed by atoms with E-state index in [1.54, 1.807) is 4.52 Å². The monoisotopic (exact) mass is 294 g/mol. The number of aromatic nitrogens is 4. The number of halogens is 1. The molecule has 0 aromatic carbocycles. The third kappa shape index (κ3) is 3.11. The molecule has 0 aliphatic heterocycles. The fourth-order valence-corrected chi connectivity index (χ4v) is 2.91. The van der Waals surface area contributed by atoms with Crippen molar-refractivity contribution in [3.05, 3.63) is 22.1 Å². The highest BCUT2D eigenvalue weighted by molar-refractivity contribution is 6.30. The van der Waals surface area contributed by atoms with Crippen LogP contribution in [0.4, 0.5) is 0 Å². The SMILES string of the molecule is Cc1c(Cl)nn2c(CC(C)CC(C)(C)C)nnc2c1C. The molecule has 0 spiro atoms. The Hall–Kier alpha value is -1.16. The van der Waals surface area contributed by atoms with Crippen LogP contribution in [-0.2, 0) is 6.42 Å². The van der Waals surface area contributed by atoms with E-state index >= 15 is 0 Å². The van der Waals surface area contributed by atoms with Crippen molar-refractivity contribution in [1.29, 1.82) is 0 Å². The molecular weight excluding hydrogens is 272 g/mol. The summed E-state index contributed by atoms with van der Waals surface area (Å²) >= 11 is 6.18. The smallest absolute Gasteiger partial charge is 0.181 e. The van der Waals surface area contributed by atoms with Gasteiger partial charge in [-0.3, -0.25) is 0 Å². The van der Waals surface area contributed by atoms with Crippen LogP contribution in [0.3, 0.4) is 0 Å². The molecule has 4 nitrogen and oxygen atoms in total. The quantitative estimate of drug-likeness (QED) is 0.859. The average Bonchev–Trinajstić information content (AvgIpc) is 2.67. The minimum Gasteiger partial charge on any atom is -0.196 e. The van der Waals surface area contributed by atoms with Gasteiger partial charge < -0.3 is 0 Å². The van der Waals surface area contributed by atoms with Crippen LogP contribution in [0.1, 0.15) is 51.1 Å². The molecule has 0 bridgehead atoms. The highest BCUT2D eigenvalue weighted by atomic mass is 35.5. The lowest BCUT2D eigenvalue weighted by Crippen LogP contribution is -2.14. The molecule has 0 saturated heterocycles. The lowest BCUT2D eigenvalue weighted by molar-refractivity contribution is 0.303. The molecule has 5 heteroatoms. The molecule has 0 radical (unpaired) electrons. The van der Waals surface area contributed by atoms with Crippen molar-refractivity contribution in [2.45, 2.75) is 54.4 Å². The Morgan fingerprint density at radius 2 is 1.80 bits per heavy atom. The van der Waals surface area contributed by atoms with Crippen molar-refractivity contribution < 1.29 is 0 Å². The van der Waals surface area contributed by atoms with Crippen LogP contribution in [0.2, 0.25) is 5.15 Å². The Morgan fingerprint density at radius 1 is 1.15 bits per heavy atom. The van der Waals surface area contributed by atoms with Crippen molar-refractivity contribution in [1.82, 2.24) is 19.8 Å². The molecule has 1 unspecified atom stereocenters. The third-order valence-electron chi connectivity index (χ3n) is 3.59. The fourth-order valence-electron chi connectivity index (χ4n) is 2.69. The van der Waals surface area contributed by atoms with E-state index in [2.05, 4.69) is 43.0 Å². The first-order valence-electron chi connectivity index (χ1n) is 7.06. The standard InChI is InChI=1S/C15H23ClN4/c1-9(8-15(4,5)6)7-12-17-18-14-11(3)10(2)13(16)19-20(12)14/h9H,7-8H2,1-6H3. The zero-order valence-corrected chi connectivity index (χ0v) is 13.9. The Bertz CT molecular complexity index is 625. The number of rotatable bonds is 3. The number of fused-ring (bicyclic) bond motifs is 1. The first-order chi connectivity index (χ1) is 9.19. The van der Waals surface area contributed by atoms with Gasteiger partial charge in [0.25, 0.3) is 0 Å². The summed E-state index contributed by atoms with van der Waals surface area (Å²) < 4.78 is 1.80. The van der Waals surface area contributed by atoms with Gasteiger partial charge in [0.15, 0.2) is 16.6 Å². The van der Waals surface area contributed by atoms with Crippen LogP contribution < -0.4 is 0 Å². The molecule has 0 aliphatic carbocycles. The van der Waals surface area contributed by atoms with Crippen LogP contribution in [0, 0.1) is 25.2 Å². The van der Waals surface area contributed by atoms with Gasteiger partial charge in [0.1, 0.15) is 0 Å². The van der Waals surface area contributed by atoms with Crippen LogP contribution >= 0.6 is 11.6 Å². The normalized spacial score (nSPS) is 13.9. The predicted octanol–water partition coefficient (Wildman–Crippen LogP) is 4.01. The van der Waals surface area contributed by atoms with E-state index in [0.29, 0.717) is 16.5 Å². The third-order valence-corrected chi connectivity index (χ3v) is 3.95. The van der Waals surface area contributed by atoms with Gasteiger partial charge in [0.2, 0.25) is 0 Å². The summed E-state index contributed by atoms with van der Waals surface area (Å²) in [5.74, 6) is 1.42. The maximum absolute atomic E-state index is 6.18. The summed E-state index contributed by atoms with van der Waals surface area (Å²) in [4.78, 5) is 0. The Kier molecular flexibility index (Phi) is 4.05. The van der Waals surface area contributed by atoms with Crippen molar-refractivity contribution in [2.75, 3.05) is 0 Å². The van der Waals surface area contributed by atoms with Gasteiger partial charge in [-0.2, -0.15) is 9.61 Å². The van der Waals surface area contributed by atoms with Crippen LogP contribution in [0.25, 0.3) is 5.65 Å². The van der Waals surface area contributed by atoms with Crippen LogP contribution in [0.5, 0.6) is 0 Å². The molecular formula is C15H23ClN4. The van der Waals surface area contributed by atoms with E-state index in [9.17, 15) is 0 Å². The second-order valence-corrected chi connectivity index (χ2v) is 7.32.